The van der Waals surface area contributed by atoms with Gasteiger partial charge in [0, 0.05) is 18.7 Å². The van der Waals surface area contributed by atoms with E-state index in [-0.39, 0.29) is 18.1 Å². The Kier molecular flexibility index (Phi) is 3.42. The number of anilines is 1. The van der Waals surface area contributed by atoms with Gasteiger partial charge in [0.1, 0.15) is 6.04 Å². The lowest BCUT2D eigenvalue weighted by molar-refractivity contribution is -0.121. The van der Waals surface area contributed by atoms with Gasteiger partial charge in [0.25, 0.3) is 0 Å². The fourth-order valence-corrected chi connectivity index (χ4v) is 3.06. The Morgan fingerprint density at radius 3 is 2.95 bits per heavy atom. The molecule has 1 aromatic carbocycles. The molecule has 102 valence electrons. The van der Waals surface area contributed by atoms with Crippen molar-refractivity contribution in [3.8, 4) is 0 Å². The molecule has 1 fully saturated rings. The molecule has 1 amide bonds. The van der Waals surface area contributed by atoms with Crippen molar-refractivity contribution in [1.82, 2.24) is 5.32 Å². The summed E-state index contributed by atoms with van der Waals surface area (Å²) in [6.07, 6.45) is 3.29. The Hall–Kier alpha value is -1.55. The van der Waals surface area contributed by atoms with E-state index in [4.69, 9.17) is 0 Å². The zero-order valence-corrected chi connectivity index (χ0v) is 10.9. The second kappa shape index (κ2) is 5.21. The number of hydrogen-bond donors (Lipinski definition) is 3. The molecular formula is C15H20N2O2. The van der Waals surface area contributed by atoms with Gasteiger partial charge in [-0.25, -0.2) is 0 Å². The van der Waals surface area contributed by atoms with Crippen LogP contribution in [0.2, 0.25) is 0 Å². The van der Waals surface area contributed by atoms with Gasteiger partial charge in [0.15, 0.2) is 0 Å². The minimum Gasteiger partial charge on any atom is -0.393 e. The maximum atomic E-state index is 12.1. The molecule has 1 aliphatic carbocycles. The Bertz CT molecular complexity index is 450. The Balaban J connectivity index is 1.50. The van der Waals surface area contributed by atoms with E-state index in [9.17, 15) is 9.90 Å². The number of carbonyl (C=O) groups is 1. The van der Waals surface area contributed by atoms with E-state index >= 15 is 0 Å². The summed E-state index contributed by atoms with van der Waals surface area (Å²) in [7, 11) is 0. The third-order valence-electron chi connectivity index (χ3n) is 4.17. The first kappa shape index (κ1) is 12.5. The topological polar surface area (TPSA) is 61.4 Å². The van der Waals surface area contributed by atoms with E-state index in [1.165, 1.54) is 5.56 Å². The summed E-state index contributed by atoms with van der Waals surface area (Å²) in [4.78, 5) is 12.1. The van der Waals surface area contributed by atoms with Gasteiger partial charge in [-0.15, -0.1) is 0 Å². The number of carbonyl (C=O) groups excluding carboxylic acids is 1. The van der Waals surface area contributed by atoms with Crippen molar-refractivity contribution in [3.63, 3.8) is 0 Å². The van der Waals surface area contributed by atoms with E-state index in [1.54, 1.807) is 0 Å². The molecule has 4 heteroatoms. The van der Waals surface area contributed by atoms with Crippen LogP contribution < -0.4 is 10.6 Å². The lowest BCUT2D eigenvalue weighted by Gasteiger charge is -2.15. The smallest absolute Gasteiger partial charge is 0.242 e. The van der Waals surface area contributed by atoms with Gasteiger partial charge < -0.3 is 15.7 Å². The highest BCUT2D eigenvalue weighted by Gasteiger charge is 2.28. The van der Waals surface area contributed by atoms with Crippen LogP contribution >= 0.6 is 0 Å². The number of nitrogens with one attached hydrogen (secondary N) is 2. The number of aliphatic hydroxyl groups excluding tert-OH is 1. The molecule has 3 N–H and O–H groups in total. The highest BCUT2D eigenvalue weighted by molar-refractivity contribution is 5.87. The standard InChI is InChI=1S/C15H20N2O2/c18-12-6-5-10(7-12)9-16-15(19)14-8-11-3-1-2-4-13(11)17-14/h1-4,10,12,14,17-18H,5-9H2,(H,16,19). The van der Waals surface area contributed by atoms with Crippen molar-refractivity contribution in [2.75, 3.05) is 11.9 Å². The molecule has 19 heavy (non-hydrogen) atoms. The zero-order valence-electron chi connectivity index (χ0n) is 10.9. The molecule has 0 aromatic heterocycles. The maximum Gasteiger partial charge on any atom is 0.242 e. The van der Waals surface area contributed by atoms with Gasteiger partial charge in [0.05, 0.1) is 6.10 Å². The van der Waals surface area contributed by atoms with E-state index in [1.807, 2.05) is 18.2 Å². The van der Waals surface area contributed by atoms with Crippen LogP contribution in [0.15, 0.2) is 24.3 Å². The summed E-state index contributed by atoms with van der Waals surface area (Å²) < 4.78 is 0. The van der Waals surface area contributed by atoms with E-state index in [0.29, 0.717) is 12.5 Å². The number of amides is 1. The minimum absolute atomic E-state index is 0.0672. The number of aliphatic hydroxyl groups is 1. The highest BCUT2D eigenvalue weighted by Crippen LogP contribution is 2.26. The number of rotatable bonds is 3. The molecule has 3 unspecified atom stereocenters. The number of hydrogen-bond acceptors (Lipinski definition) is 3. The average Bonchev–Trinajstić information content (AvgIpc) is 3.01. The van der Waals surface area contributed by atoms with Crippen LogP contribution in [-0.4, -0.2) is 29.7 Å². The third-order valence-corrected chi connectivity index (χ3v) is 4.17. The lowest BCUT2D eigenvalue weighted by Crippen LogP contribution is -2.40. The molecular weight excluding hydrogens is 240 g/mol. The molecule has 0 spiro atoms. The van der Waals surface area contributed by atoms with Gasteiger partial charge >= 0.3 is 0 Å². The highest BCUT2D eigenvalue weighted by atomic mass is 16.3. The molecule has 1 heterocycles. The van der Waals surface area contributed by atoms with Gasteiger partial charge in [-0.3, -0.25) is 4.79 Å². The van der Waals surface area contributed by atoms with Crippen molar-refractivity contribution >= 4 is 11.6 Å². The normalized spacial score (nSPS) is 28.8. The van der Waals surface area contributed by atoms with Crippen molar-refractivity contribution < 1.29 is 9.90 Å². The SMILES string of the molecule is O=C(NCC1CCC(O)C1)C1Cc2ccccc2N1. The van der Waals surface area contributed by atoms with Crippen LogP contribution in [0.3, 0.4) is 0 Å². The maximum absolute atomic E-state index is 12.1. The summed E-state index contributed by atoms with van der Waals surface area (Å²) in [5, 5.41) is 15.7. The first-order valence-electron chi connectivity index (χ1n) is 7.02. The van der Waals surface area contributed by atoms with Crippen LogP contribution in [0.25, 0.3) is 0 Å². The molecule has 3 atom stereocenters. The fourth-order valence-electron chi connectivity index (χ4n) is 3.06. The predicted octanol–water partition coefficient (Wildman–Crippen LogP) is 1.30. The van der Waals surface area contributed by atoms with E-state index in [2.05, 4.69) is 16.7 Å². The van der Waals surface area contributed by atoms with Gasteiger partial charge in [-0.1, -0.05) is 18.2 Å². The molecule has 2 aliphatic rings. The van der Waals surface area contributed by atoms with Crippen LogP contribution in [-0.2, 0) is 11.2 Å². The molecule has 4 nitrogen and oxygen atoms in total. The first-order chi connectivity index (χ1) is 9.22. The largest absolute Gasteiger partial charge is 0.393 e. The quantitative estimate of drug-likeness (QED) is 0.767. The summed E-state index contributed by atoms with van der Waals surface area (Å²) in [5.74, 6) is 0.500. The van der Waals surface area contributed by atoms with Crippen LogP contribution in [0.5, 0.6) is 0 Å². The molecule has 1 aliphatic heterocycles. The van der Waals surface area contributed by atoms with Crippen molar-refractivity contribution in [2.45, 2.75) is 37.8 Å². The minimum atomic E-state index is -0.171. The van der Waals surface area contributed by atoms with Crippen LogP contribution in [0.1, 0.15) is 24.8 Å². The predicted molar refractivity (Wildman–Crippen MR) is 73.9 cm³/mol. The van der Waals surface area contributed by atoms with Crippen molar-refractivity contribution in [3.05, 3.63) is 29.8 Å². The lowest BCUT2D eigenvalue weighted by atomic mass is 10.1. The number of para-hydroxylation sites is 1. The van der Waals surface area contributed by atoms with Crippen LogP contribution in [0, 0.1) is 5.92 Å². The molecule has 1 aromatic rings. The molecule has 0 saturated heterocycles. The third kappa shape index (κ3) is 2.73. The monoisotopic (exact) mass is 260 g/mol. The average molecular weight is 260 g/mol. The van der Waals surface area contributed by atoms with E-state index in [0.717, 1.165) is 31.4 Å². The Morgan fingerprint density at radius 1 is 1.37 bits per heavy atom. The summed E-state index contributed by atoms with van der Waals surface area (Å²) in [5.41, 5.74) is 2.28. The van der Waals surface area contributed by atoms with Crippen molar-refractivity contribution in [1.29, 1.82) is 0 Å². The fraction of sp³-hybridized carbons (Fsp3) is 0.533. The van der Waals surface area contributed by atoms with Crippen molar-refractivity contribution in [2.24, 2.45) is 5.92 Å². The van der Waals surface area contributed by atoms with Gasteiger partial charge in [-0.05, 0) is 36.8 Å². The van der Waals surface area contributed by atoms with Gasteiger partial charge in [0.2, 0.25) is 5.91 Å². The summed E-state index contributed by atoms with van der Waals surface area (Å²) >= 11 is 0. The molecule has 0 bridgehead atoms. The molecule has 0 radical (unpaired) electrons. The summed E-state index contributed by atoms with van der Waals surface area (Å²) in [6, 6.07) is 7.90. The van der Waals surface area contributed by atoms with Gasteiger partial charge in [-0.2, -0.15) is 0 Å². The Morgan fingerprint density at radius 2 is 2.21 bits per heavy atom. The van der Waals surface area contributed by atoms with E-state index < -0.39 is 0 Å². The Labute approximate surface area is 113 Å². The number of fused-ring (bicyclic) bond motifs is 1. The zero-order chi connectivity index (χ0) is 13.2. The second-order valence-corrected chi connectivity index (χ2v) is 5.64. The number of benzene rings is 1. The summed E-state index contributed by atoms with van der Waals surface area (Å²) in [6.45, 7) is 0.685. The van der Waals surface area contributed by atoms with Crippen LogP contribution in [0.4, 0.5) is 5.69 Å². The second-order valence-electron chi connectivity index (χ2n) is 5.64. The molecule has 3 rings (SSSR count). The molecule has 1 saturated carbocycles. The first-order valence-corrected chi connectivity index (χ1v) is 7.02.